The first-order chi connectivity index (χ1) is 17.5. The lowest BCUT2D eigenvalue weighted by Crippen LogP contribution is -2.48. The van der Waals surface area contributed by atoms with Gasteiger partial charge in [-0.2, -0.15) is 0 Å². The molecule has 5 heterocycles. The highest BCUT2D eigenvalue weighted by molar-refractivity contribution is 6.06. The maximum Gasteiger partial charge on any atom is 0.249 e. The van der Waals surface area contributed by atoms with Gasteiger partial charge in [0.25, 0.3) is 0 Å². The van der Waals surface area contributed by atoms with Crippen molar-refractivity contribution in [3.05, 3.63) is 48.3 Å². The molecule has 2 N–H and O–H groups in total. The minimum atomic E-state index is -0.864. The molecule has 2 atom stereocenters. The minimum Gasteiger partial charge on any atom is -0.377 e. The zero-order valence-electron chi connectivity index (χ0n) is 20.6. The normalized spacial score (nSPS) is 21.2. The second kappa shape index (κ2) is 8.72. The molecule has 0 radical (unpaired) electrons. The SMILES string of the molecule is CCn1c(-c2cnc(C)nc2)nc2c(-c3ccc4c(c3)[C@@](C)(NC[C@H]3CCCO3)C(=O)N4)ncnc21. The number of benzene rings is 1. The van der Waals surface area contributed by atoms with E-state index in [1.54, 1.807) is 18.7 Å². The Balaban J connectivity index is 1.42. The third-order valence-corrected chi connectivity index (χ3v) is 7.13. The molecule has 1 aromatic carbocycles. The van der Waals surface area contributed by atoms with Crippen LogP contribution in [0.3, 0.4) is 0 Å². The topological polar surface area (TPSA) is 120 Å². The number of carbonyl (C=O) groups is 1. The number of aromatic nitrogens is 6. The van der Waals surface area contributed by atoms with Crippen molar-refractivity contribution in [3.8, 4) is 22.6 Å². The summed E-state index contributed by atoms with van der Waals surface area (Å²) in [5.74, 6) is 1.38. The summed E-state index contributed by atoms with van der Waals surface area (Å²) >= 11 is 0. The van der Waals surface area contributed by atoms with Crippen LogP contribution in [0.1, 0.15) is 38.1 Å². The van der Waals surface area contributed by atoms with Crippen LogP contribution in [-0.2, 0) is 21.6 Å². The standard InChI is InChI=1S/C26H28N8O2/c1-4-34-23(17-11-27-15(2)28-12-17)33-22-21(29-14-30-24(22)34)16-7-8-20-19(10-16)26(3,25(35)32-20)31-13-18-6-5-9-36-18/h7-8,10-12,14,18,31H,4-6,9,13H2,1-3H3,(H,32,35)/t18-,26-/m1/s1. The molecule has 0 spiro atoms. The van der Waals surface area contributed by atoms with E-state index in [1.807, 2.05) is 36.6 Å². The van der Waals surface area contributed by atoms with Gasteiger partial charge in [0.2, 0.25) is 5.91 Å². The van der Waals surface area contributed by atoms with Gasteiger partial charge in [0.1, 0.15) is 34.7 Å². The van der Waals surface area contributed by atoms with E-state index >= 15 is 0 Å². The van der Waals surface area contributed by atoms with Crippen molar-refractivity contribution in [2.24, 2.45) is 0 Å². The molecule has 1 amide bonds. The Kier molecular flexibility index (Phi) is 5.50. The Labute approximate surface area is 208 Å². The van der Waals surface area contributed by atoms with Gasteiger partial charge in [-0.05, 0) is 45.7 Å². The fraction of sp³-hybridized carbons (Fsp3) is 0.385. The summed E-state index contributed by atoms with van der Waals surface area (Å²) in [6.07, 6.45) is 7.31. The molecule has 3 aromatic heterocycles. The molecule has 1 fully saturated rings. The van der Waals surface area contributed by atoms with Crippen molar-refractivity contribution >= 4 is 22.8 Å². The maximum atomic E-state index is 13.0. The predicted octanol–water partition coefficient (Wildman–Crippen LogP) is 3.21. The molecule has 36 heavy (non-hydrogen) atoms. The van der Waals surface area contributed by atoms with Crippen LogP contribution in [0.4, 0.5) is 5.69 Å². The molecule has 0 saturated carbocycles. The van der Waals surface area contributed by atoms with Crippen LogP contribution < -0.4 is 10.6 Å². The van der Waals surface area contributed by atoms with E-state index in [0.29, 0.717) is 30.1 Å². The average molecular weight is 485 g/mol. The first kappa shape index (κ1) is 22.7. The van der Waals surface area contributed by atoms with E-state index in [-0.39, 0.29) is 12.0 Å². The van der Waals surface area contributed by atoms with Gasteiger partial charge in [0.15, 0.2) is 5.65 Å². The summed E-state index contributed by atoms with van der Waals surface area (Å²) in [4.78, 5) is 35.8. The number of hydrogen-bond donors (Lipinski definition) is 2. The number of rotatable bonds is 6. The van der Waals surface area contributed by atoms with Crippen LogP contribution in [-0.4, -0.2) is 54.6 Å². The zero-order valence-corrected chi connectivity index (χ0v) is 20.6. The largest absolute Gasteiger partial charge is 0.377 e. The number of amides is 1. The summed E-state index contributed by atoms with van der Waals surface area (Å²) in [6, 6.07) is 5.92. The van der Waals surface area contributed by atoms with Crippen LogP contribution in [0.2, 0.25) is 0 Å². The Hall–Kier alpha value is -3.76. The van der Waals surface area contributed by atoms with E-state index in [4.69, 9.17) is 9.72 Å². The smallest absolute Gasteiger partial charge is 0.249 e. The molecule has 10 heteroatoms. The first-order valence-corrected chi connectivity index (χ1v) is 12.3. The predicted molar refractivity (Wildman–Crippen MR) is 135 cm³/mol. The lowest BCUT2D eigenvalue weighted by atomic mass is 9.91. The summed E-state index contributed by atoms with van der Waals surface area (Å²) in [7, 11) is 0. The van der Waals surface area contributed by atoms with Crippen LogP contribution in [0, 0.1) is 6.92 Å². The van der Waals surface area contributed by atoms with Crippen molar-refractivity contribution in [1.82, 2.24) is 34.8 Å². The second-order valence-electron chi connectivity index (χ2n) is 9.45. The highest BCUT2D eigenvalue weighted by atomic mass is 16.5. The van der Waals surface area contributed by atoms with E-state index in [0.717, 1.165) is 53.3 Å². The van der Waals surface area contributed by atoms with Gasteiger partial charge < -0.3 is 14.6 Å². The number of fused-ring (bicyclic) bond motifs is 2. The van der Waals surface area contributed by atoms with Gasteiger partial charge >= 0.3 is 0 Å². The molecular formula is C26H28N8O2. The highest BCUT2D eigenvalue weighted by Gasteiger charge is 2.43. The summed E-state index contributed by atoms with van der Waals surface area (Å²) < 4.78 is 7.80. The fourth-order valence-electron chi connectivity index (χ4n) is 5.06. The van der Waals surface area contributed by atoms with Gasteiger partial charge in [0, 0.05) is 48.9 Å². The molecule has 1 saturated heterocycles. The molecule has 184 valence electrons. The number of nitrogens with zero attached hydrogens (tertiary/aromatic N) is 6. The van der Waals surface area contributed by atoms with E-state index in [2.05, 4.69) is 37.5 Å². The number of anilines is 1. The van der Waals surface area contributed by atoms with Crippen molar-refractivity contribution < 1.29 is 9.53 Å². The molecule has 10 nitrogen and oxygen atoms in total. The van der Waals surface area contributed by atoms with Gasteiger partial charge in [-0.15, -0.1) is 0 Å². The Morgan fingerprint density at radius 2 is 2.03 bits per heavy atom. The second-order valence-corrected chi connectivity index (χ2v) is 9.45. The quantitative estimate of drug-likeness (QED) is 0.428. The van der Waals surface area contributed by atoms with Gasteiger partial charge in [-0.1, -0.05) is 6.07 Å². The van der Waals surface area contributed by atoms with Crippen molar-refractivity contribution in [1.29, 1.82) is 0 Å². The van der Waals surface area contributed by atoms with E-state index in [1.165, 1.54) is 0 Å². The van der Waals surface area contributed by atoms with Crippen molar-refractivity contribution in [3.63, 3.8) is 0 Å². The first-order valence-electron chi connectivity index (χ1n) is 12.3. The summed E-state index contributed by atoms with van der Waals surface area (Å²) in [5.41, 5.74) is 4.66. The monoisotopic (exact) mass is 484 g/mol. The third-order valence-electron chi connectivity index (χ3n) is 7.13. The number of ether oxygens (including phenoxy) is 1. The lowest BCUT2D eigenvalue weighted by molar-refractivity contribution is -0.121. The molecule has 0 unspecified atom stereocenters. The molecule has 0 aliphatic carbocycles. The molecule has 2 aliphatic rings. The number of imidazole rings is 1. The maximum absolute atomic E-state index is 13.0. The van der Waals surface area contributed by atoms with Crippen LogP contribution >= 0.6 is 0 Å². The number of hydrogen-bond acceptors (Lipinski definition) is 8. The number of carbonyl (C=O) groups excluding carboxylic acids is 1. The van der Waals surface area contributed by atoms with Crippen LogP contribution in [0.25, 0.3) is 33.8 Å². The molecule has 6 rings (SSSR count). The molecule has 0 bridgehead atoms. The molecule has 2 aliphatic heterocycles. The van der Waals surface area contributed by atoms with E-state index < -0.39 is 5.54 Å². The van der Waals surface area contributed by atoms with Crippen LogP contribution in [0.5, 0.6) is 0 Å². The van der Waals surface area contributed by atoms with Gasteiger partial charge in [-0.25, -0.2) is 24.9 Å². The summed E-state index contributed by atoms with van der Waals surface area (Å²) in [6.45, 7) is 7.91. The summed E-state index contributed by atoms with van der Waals surface area (Å²) in [5, 5.41) is 6.49. The average Bonchev–Trinajstić information content (AvgIpc) is 3.60. The highest BCUT2D eigenvalue weighted by Crippen LogP contribution is 2.39. The van der Waals surface area contributed by atoms with Crippen LogP contribution in [0.15, 0.2) is 36.9 Å². The Morgan fingerprint density at radius 3 is 2.78 bits per heavy atom. The lowest BCUT2D eigenvalue weighted by Gasteiger charge is -2.26. The zero-order chi connectivity index (χ0) is 24.9. The molecule has 4 aromatic rings. The third kappa shape index (κ3) is 3.64. The van der Waals surface area contributed by atoms with E-state index in [9.17, 15) is 4.79 Å². The Morgan fingerprint density at radius 1 is 1.19 bits per heavy atom. The Bertz CT molecular complexity index is 1460. The van der Waals surface area contributed by atoms with Crippen molar-refractivity contribution in [2.45, 2.75) is 51.8 Å². The molecular weight excluding hydrogens is 456 g/mol. The van der Waals surface area contributed by atoms with Gasteiger partial charge in [-0.3, -0.25) is 10.1 Å². The fourth-order valence-corrected chi connectivity index (χ4v) is 5.06. The van der Waals surface area contributed by atoms with Gasteiger partial charge in [0.05, 0.1) is 11.7 Å². The minimum absolute atomic E-state index is 0.0719. The number of aryl methyl sites for hydroxylation is 2. The number of nitrogens with one attached hydrogen (secondary N) is 2. The van der Waals surface area contributed by atoms with Crippen molar-refractivity contribution in [2.75, 3.05) is 18.5 Å².